The third-order valence-electron chi connectivity index (χ3n) is 5.40. The summed E-state index contributed by atoms with van der Waals surface area (Å²) in [5.41, 5.74) is 1.35. The molecule has 0 bridgehead atoms. The van der Waals surface area contributed by atoms with Crippen molar-refractivity contribution in [2.45, 2.75) is 37.1 Å². The van der Waals surface area contributed by atoms with E-state index in [9.17, 15) is 35.9 Å². The van der Waals surface area contributed by atoms with Crippen molar-refractivity contribution in [3.63, 3.8) is 0 Å². The third kappa shape index (κ3) is 4.47. The molecule has 33 heavy (non-hydrogen) atoms. The minimum absolute atomic E-state index is 0.143. The number of nitrogens with two attached hydrogens (primary N) is 1. The highest BCUT2D eigenvalue weighted by Crippen LogP contribution is 2.51. The normalized spacial score (nSPS) is 22.8. The lowest BCUT2D eigenvalue weighted by Gasteiger charge is -2.27. The zero-order valence-electron chi connectivity index (χ0n) is 17.2. The minimum atomic E-state index is -4.90. The Hall–Kier alpha value is -3.28. The smallest absolute Gasteiger partial charge is 0.417 e. The Morgan fingerprint density at radius 3 is 2.36 bits per heavy atom. The molecule has 0 aliphatic carbocycles. The molecule has 3 atom stereocenters. The van der Waals surface area contributed by atoms with Crippen LogP contribution >= 0.6 is 0 Å². The van der Waals surface area contributed by atoms with Crippen LogP contribution in [0.2, 0.25) is 0 Å². The molecule has 2 aromatic rings. The van der Waals surface area contributed by atoms with Crippen LogP contribution in [0.3, 0.4) is 0 Å². The number of amides is 2. The van der Waals surface area contributed by atoms with Crippen LogP contribution in [0.4, 0.5) is 32.0 Å². The number of methoxy groups -OCH3 is 1. The van der Waals surface area contributed by atoms with E-state index in [2.05, 4.69) is 5.32 Å². The second-order valence-corrected chi connectivity index (χ2v) is 7.61. The molecule has 0 aromatic heterocycles. The van der Waals surface area contributed by atoms with Gasteiger partial charge in [0, 0.05) is 17.2 Å². The quantitative estimate of drug-likeness (QED) is 0.638. The molecule has 1 saturated heterocycles. The summed E-state index contributed by atoms with van der Waals surface area (Å²) in [5.74, 6) is -7.97. The molecule has 0 spiro atoms. The summed E-state index contributed by atoms with van der Waals surface area (Å²) < 4.78 is 92.6. The monoisotopic (exact) mass is 476 g/mol. The van der Waals surface area contributed by atoms with Crippen molar-refractivity contribution in [3.05, 3.63) is 58.9 Å². The molecule has 1 heterocycles. The van der Waals surface area contributed by atoms with Gasteiger partial charge in [0.2, 0.25) is 5.82 Å². The van der Waals surface area contributed by atoms with Gasteiger partial charge >= 0.3 is 6.18 Å². The molecule has 178 valence electrons. The maximum atomic E-state index is 14.2. The Morgan fingerprint density at radius 2 is 1.79 bits per heavy atom. The van der Waals surface area contributed by atoms with Crippen molar-refractivity contribution in [3.8, 4) is 5.75 Å². The first-order valence-corrected chi connectivity index (χ1v) is 9.45. The molecule has 1 fully saturated rings. The fourth-order valence-electron chi connectivity index (χ4n) is 3.68. The number of carbonyl (C=O) groups is 2. The van der Waals surface area contributed by atoms with Crippen molar-refractivity contribution in [2.24, 2.45) is 5.73 Å². The first-order valence-electron chi connectivity index (χ1n) is 9.45. The highest BCUT2D eigenvalue weighted by Gasteiger charge is 2.61. The number of hydrogen-bond donors (Lipinski definition) is 2. The van der Waals surface area contributed by atoms with Crippen LogP contribution in [0.15, 0.2) is 30.3 Å². The van der Waals surface area contributed by atoms with Crippen LogP contribution in [0, 0.1) is 17.5 Å². The van der Waals surface area contributed by atoms with Gasteiger partial charge in [0.05, 0.1) is 12.7 Å². The van der Waals surface area contributed by atoms with E-state index in [1.54, 1.807) is 0 Å². The zero-order valence-corrected chi connectivity index (χ0v) is 17.2. The van der Waals surface area contributed by atoms with E-state index in [0.29, 0.717) is 6.07 Å². The number of primary amides is 1. The molecule has 3 N–H and O–H groups in total. The topological polar surface area (TPSA) is 90.7 Å². The van der Waals surface area contributed by atoms with E-state index in [1.165, 1.54) is 0 Å². The van der Waals surface area contributed by atoms with Gasteiger partial charge in [0.25, 0.3) is 11.8 Å². The molecule has 6 nitrogen and oxygen atoms in total. The number of carbonyl (C=O) groups excluding carboxylic acids is 2. The number of rotatable bonds is 5. The number of ether oxygens (including phenoxy) is 2. The van der Waals surface area contributed by atoms with Gasteiger partial charge in [-0.25, -0.2) is 8.78 Å². The first-order chi connectivity index (χ1) is 15.3. The molecule has 0 saturated carbocycles. The van der Waals surface area contributed by atoms with Crippen LogP contribution < -0.4 is 15.8 Å². The molecule has 12 heteroatoms. The first kappa shape index (κ1) is 24.4. The predicted molar refractivity (Wildman–Crippen MR) is 103 cm³/mol. The Bertz CT molecular complexity index is 1110. The molecular formula is C21H18F6N2O4. The molecular weight excluding hydrogens is 458 g/mol. The summed E-state index contributed by atoms with van der Waals surface area (Å²) in [6.45, 7) is 0.725. The lowest BCUT2D eigenvalue weighted by molar-refractivity contribution is -0.261. The fourth-order valence-corrected chi connectivity index (χ4v) is 3.68. The number of anilines is 1. The van der Waals surface area contributed by atoms with Gasteiger partial charge < -0.3 is 20.5 Å². The molecule has 2 aromatic carbocycles. The van der Waals surface area contributed by atoms with Crippen molar-refractivity contribution >= 4 is 17.5 Å². The van der Waals surface area contributed by atoms with Gasteiger partial charge in [-0.1, -0.05) is 6.07 Å². The van der Waals surface area contributed by atoms with Crippen LogP contribution in [-0.2, 0) is 9.53 Å². The second-order valence-electron chi connectivity index (χ2n) is 7.61. The molecule has 0 unspecified atom stereocenters. The van der Waals surface area contributed by atoms with Crippen LogP contribution in [0.25, 0.3) is 0 Å². The van der Waals surface area contributed by atoms with Crippen molar-refractivity contribution < 1.29 is 45.4 Å². The van der Waals surface area contributed by atoms with E-state index in [-0.39, 0.29) is 11.3 Å². The largest absolute Gasteiger partial charge is 0.493 e. The Morgan fingerprint density at radius 1 is 1.15 bits per heavy atom. The van der Waals surface area contributed by atoms with Crippen LogP contribution in [-0.4, -0.2) is 36.8 Å². The summed E-state index contributed by atoms with van der Waals surface area (Å²) in [6.07, 6.45) is -7.52. The number of halogens is 6. The van der Waals surface area contributed by atoms with Gasteiger partial charge in [-0.15, -0.1) is 0 Å². The average Bonchev–Trinajstić information content (AvgIpc) is 3.10. The number of nitrogens with one attached hydrogen (secondary N) is 1. The van der Waals surface area contributed by atoms with E-state index in [1.807, 2.05) is 0 Å². The number of alkyl halides is 3. The molecule has 2 amide bonds. The minimum Gasteiger partial charge on any atom is -0.493 e. The van der Waals surface area contributed by atoms with Crippen LogP contribution in [0.1, 0.15) is 35.2 Å². The lowest BCUT2D eigenvalue weighted by Crippen LogP contribution is -2.43. The molecule has 1 aliphatic heterocycles. The lowest BCUT2D eigenvalue weighted by atomic mass is 9.85. The van der Waals surface area contributed by atoms with Crippen molar-refractivity contribution in [1.29, 1.82) is 0 Å². The van der Waals surface area contributed by atoms with E-state index in [0.717, 1.165) is 38.3 Å². The van der Waals surface area contributed by atoms with E-state index >= 15 is 0 Å². The Labute approximate surface area is 183 Å². The van der Waals surface area contributed by atoms with E-state index in [4.69, 9.17) is 15.2 Å². The Balaban J connectivity index is 2.02. The summed E-state index contributed by atoms with van der Waals surface area (Å²) in [6, 6.07) is 4.51. The summed E-state index contributed by atoms with van der Waals surface area (Å²) >= 11 is 0. The third-order valence-corrected chi connectivity index (χ3v) is 5.40. The van der Waals surface area contributed by atoms with Gasteiger partial charge in [0.1, 0.15) is 11.9 Å². The van der Waals surface area contributed by atoms with Crippen LogP contribution in [0.5, 0.6) is 5.75 Å². The Kier molecular flexibility index (Phi) is 6.33. The number of hydrogen-bond acceptors (Lipinski definition) is 4. The predicted octanol–water partition coefficient (Wildman–Crippen LogP) is 4.04. The maximum Gasteiger partial charge on any atom is 0.417 e. The SMILES string of the molecule is COc1c([C@H]2C[C@@](C)(C(F)(F)F)O[C@@H]2C(=O)Nc2ccc(F)c(C(N)=O)c2)ccc(F)c1F. The van der Waals surface area contributed by atoms with Gasteiger partial charge in [-0.05, 0) is 37.6 Å². The highest BCUT2D eigenvalue weighted by molar-refractivity contribution is 5.98. The molecule has 3 rings (SSSR count). The zero-order chi connectivity index (χ0) is 24.7. The summed E-state index contributed by atoms with van der Waals surface area (Å²) in [5, 5.41) is 2.24. The highest BCUT2D eigenvalue weighted by atomic mass is 19.4. The van der Waals surface area contributed by atoms with Gasteiger partial charge in [-0.3, -0.25) is 9.59 Å². The summed E-state index contributed by atoms with van der Waals surface area (Å²) in [7, 11) is 0.999. The fraction of sp³-hybridized carbons (Fsp3) is 0.333. The standard InChI is InChI=1S/C21H18F6N2O4/c1-20(21(25,26)27)8-12(10-4-6-14(23)15(24)16(10)32-2)17(33-20)19(31)29-9-3-5-13(22)11(7-9)18(28)30/h3-7,12,17H,8H2,1-2H3,(H2,28,30)(H,29,31)/t12-,17+,20+/m1/s1. The van der Waals surface area contributed by atoms with Crippen molar-refractivity contribution in [1.82, 2.24) is 0 Å². The molecule has 1 aliphatic rings. The molecule has 0 radical (unpaired) electrons. The summed E-state index contributed by atoms with van der Waals surface area (Å²) in [4.78, 5) is 24.2. The maximum absolute atomic E-state index is 14.2. The van der Waals surface area contributed by atoms with Crippen molar-refractivity contribution in [2.75, 3.05) is 12.4 Å². The second kappa shape index (κ2) is 8.58. The number of benzene rings is 2. The van der Waals surface area contributed by atoms with E-state index < -0.39 is 70.8 Å². The van der Waals surface area contributed by atoms with Gasteiger partial charge in [-0.2, -0.15) is 17.6 Å². The average molecular weight is 476 g/mol. The van der Waals surface area contributed by atoms with Gasteiger partial charge in [0.15, 0.2) is 17.2 Å².